The Morgan fingerprint density at radius 1 is 0.765 bits per heavy atom. The van der Waals surface area contributed by atoms with Crippen LogP contribution in [0.3, 0.4) is 0 Å². The molecule has 0 nitrogen and oxygen atoms in total. The molecule has 0 bridgehead atoms. The van der Waals surface area contributed by atoms with Crippen molar-refractivity contribution in [1.82, 2.24) is 0 Å². The zero-order chi connectivity index (χ0) is 23.2. The smallest absolute Gasteiger partial charge is 0.0885 e. The lowest BCUT2D eigenvalue weighted by molar-refractivity contribution is 0.596. The molecule has 0 saturated carbocycles. The minimum atomic E-state index is -1.81. The van der Waals surface area contributed by atoms with Crippen LogP contribution in [0.5, 0.6) is 0 Å². The number of benzene rings is 2. The van der Waals surface area contributed by atoms with E-state index < -0.39 is 8.07 Å². The lowest BCUT2D eigenvalue weighted by Crippen LogP contribution is -2.57. The van der Waals surface area contributed by atoms with Gasteiger partial charge in [-0.25, -0.2) is 0 Å². The Kier molecular flexibility index (Phi) is 8.10. The van der Waals surface area contributed by atoms with E-state index >= 15 is 0 Å². The molecule has 0 spiro atoms. The third kappa shape index (κ3) is 4.75. The number of unbranched alkanes of at least 4 members (excludes halogenated alkanes) is 6. The van der Waals surface area contributed by atoms with Gasteiger partial charge in [0.05, 0.1) is 0 Å². The van der Waals surface area contributed by atoms with Crippen molar-refractivity contribution in [2.24, 2.45) is 0 Å². The van der Waals surface area contributed by atoms with Gasteiger partial charge in [-0.3, -0.25) is 0 Å². The first kappa shape index (κ1) is 24.1. The Morgan fingerprint density at radius 2 is 1.59 bits per heavy atom. The SMILES string of the molecule is CCCCCCCCC[Si@@](c1cccc2c1CCC2)([C@@H]1C=CCCC1)[C@H]1CCc2ccccc21. The molecule has 2 aromatic rings. The standard InChI is InChI=1S/C33H46Si/c1-2-3-4-5-6-7-13-26-34(29-19-9-8-10-20-29,32-23-15-18-27-17-14-22-31(27)32)33-25-24-28-16-11-12-21-30(28)33/h9,11-12,15-16,18-19,21,23,29,33H,2-8,10,13-14,17,20,22,24-26H2,1H3/t29-,33+,34+/m1/s1. The molecule has 34 heavy (non-hydrogen) atoms. The first-order chi connectivity index (χ1) is 16.8. The molecule has 0 aromatic heterocycles. The summed E-state index contributed by atoms with van der Waals surface area (Å²) >= 11 is 0. The molecule has 0 heterocycles. The van der Waals surface area contributed by atoms with E-state index in [1.165, 1.54) is 102 Å². The van der Waals surface area contributed by atoms with Gasteiger partial charge >= 0.3 is 0 Å². The molecule has 0 N–H and O–H groups in total. The number of fused-ring (bicyclic) bond motifs is 2. The first-order valence-electron chi connectivity index (χ1n) is 14.7. The van der Waals surface area contributed by atoms with Crippen molar-refractivity contribution in [3.63, 3.8) is 0 Å². The number of hydrogen-bond donors (Lipinski definition) is 0. The summed E-state index contributed by atoms with van der Waals surface area (Å²) in [6, 6.07) is 18.6. The molecular formula is C33H46Si. The van der Waals surface area contributed by atoms with Gasteiger partial charge in [0.15, 0.2) is 0 Å². The van der Waals surface area contributed by atoms with Crippen molar-refractivity contribution < 1.29 is 0 Å². The quantitative estimate of drug-likeness (QED) is 0.175. The maximum absolute atomic E-state index is 2.73. The van der Waals surface area contributed by atoms with Crippen molar-refractivity contribution in [2.45, 2.75) is 120 Å². The van der Waals surface area contributed by atoms with E-state index in [-0.39, 0.29) is 0 Å². The lowest BCUT2D eigenvalue weighted by Gasteiger charge is -2.46. The van der Waals surface area contributed by atoms with Gasteiger partial charge in [-0.05, 0) is 84.7 Å². The van der Waals surface area contributed by atoms with Gasteiger partial charge < -0.3 is 0 Å². The number of aryl methyl sites for hydroxylation is 2. The molecule has 2 aromatic carbocycles. The predicted molar refractivity (Wildman–Crippen MR) is 151 cm³/mol. The van der Waals surface area contributed by atoms with Crippen molar-refractivity contribution in [1.29, 1.82) is 0 Å². The second-order valence-electron chi connectivity index (χ2n) is 11.5. The fourth-order valence-corrected chi connectivity index (χ4v) is 15.0. The van der Waals surface area contributed by atoms with E-state index in [0.29, 0.717) is 0 Å². The average Bonchev–Trinajstić information content (AvgIpc) is 3.54. The third-order valence-electron chi connectivity index (χ3n) is 9.51. The van der Waals surface area contributed by atoms with E-state index in [1.807, 2.05) is 5.19 Å². The van der Waals surface area contributed by atoms with E-state index in [9.17, 15) is 0 Å². The second-order valence-corrected chi connectivity index (χ2v) is 16.0. The summed E-state index contributed by atoms with van der Waals surface area (Å²) in [5, 5.41) is 1.90. The van der Waals surface area contributed by atoms with Gasteiger partial charge in [-0.2, -0.15) is 0 Å². The van der Waals surface area contributed by atoms with Gasteiger partial charge in [0.1, 0.15) is 8.07 Å². The van der Waals surface area contributed by atoms with Crippen molar-refractivity contribution >= 4 is 13.3 Å². The largest absolute Gasteiger partial charge is 0.101 e. The number of allylic oxidation sites excluding steroid dienone is 2. The maximum atomic E-state index is 2.73. The van der Waals surface area contributed by atoms with Crippen LogP contribution in [0.1, 0.15) is 112 Å². The molecule has 0 amide bonds. The molecule has 0 radical (unpaired) electrons. The Bertz CT molecular complexity index is 972. The van der Waals surface area contributed by atoms with E-state index in [2.05, 4.69) is 61.5 Å². The fourth-order valence-electron chi connectivity index (χ4n) is 7.90. The summed E-state index contributed by atoms with van der Waals surface area (Å²) in [6.45, 7) is 2.33. The fraction of sp³-hybridized carbons (Fsp3) is 0.576. The third-order valence-corrected chi connectivity index (χ3v) is 15.8. The Balaban J connectivity index is 1.54. The highest BCUT2D eigenvalue weighted by Gasteiger charge is 2.51. The average molecular weight is 471 g/mol. The Hall–Kier alpha value is -1.60. The number of hydrogen-bond acceptors (Lipinski definition) is 0. The van der Waals surface area contributed by atoms with Gasteiger partial charge in [0.25, 0.3) is 0 Å². The van der Waals surface area contributed by atoms with Crippen molar-refractivity contribution in [2.75, 3.05) is 0 Å². The van der Waals surface area contributed by atoms with Crippen LogP contribution in [0, 0.1) is 0 Å². The van der Waals surface area contributed by atoms with Crippen LogP contribution in [0.2, 0.25) is 11.6 Å². The van der Waals surface area contributed by atoms with E-state index in [1.54, 1.807) is 22.3 Å². The van der Waals surface area contributed by atoms with E-state index in [4.69, 9.17) is 0 Å². The zero-order valence-electron chi connectivity index (χ0n) is 21.7. The van der Waals surface area contributed by atoms with Gasteiger partial charge in [0.2, 0.25) is 0 Å². The molecule has 1 heteroatoms. The minimum absolute atomic E-state index is 0.809. The highest BCUT2D eigenvalue weighted by atomic mass is 28.3. The van der Waals surface area contributed by atoms with Crippen molar-refractivity contribution in [3.05, 3.63) is 76.9 Å². The van der Waals surface area contributed by atoms with E-state index in [0.717, 1.165) is 11.1 Å². The second kappa shape index (κ2) is 11.4. The maximum Gasteiger partial charge on any atom is 0.101 e. The van der Waals surface area contributed by atoms with Crippen molar-refractivity contribution in [3.8, 4) is 0 Å². The van der Waals surface area contributed by atoms with Gasteiger partial charge in [-0.1, -0.05) is 118 Å². The molecular weight excluding hydrogens is 424 g/mol. The summed E-state index contributed by atoms with van der Waals surface area (Å²) in [5.41, 5.74) is 8.54. The highest BCUT2D eigenvalue weighted by molar-refractivity contribution is 6.95. The summed E-state index contributed by atoms with van der Waals surface area (Å²) in [5.74, 6) is 0. The van der Waals surface area contributed by atoms with Crippen LogP contribution in [0.25, 0.3) is 0 Å². The molecule has 3 aliphatic carbocycles. The predicted octanol–water partition coefficient (Wildman–Crippen LogP) is 8.96. The van der Waals surface area contributed by atoms with Crippen LogP contribution in [-0.4, -0.2) is 8.07 Å². The normalized spacial score (nSPS) is 23.0. The van der Waals surface area contributed by atoms with Crippen LogP contribution in [0.15, 0.2) is 54.6 Å². The minimum Gasteiger partial charge on any atom is -0.0885 e. The Labute approximate surface area is 210 Å². The highest BCUT2D eigenvalue weighted by Crippen LogP contribution is 2.50. The first-order valence-corrected chi connectivity index (χ1v) is 17.1. The summed E-state index contributed by atoms with van der Waals surface area (Å²) in [6.07, 6.45) is 26.1. The monoisotopic (exact) mass is 470 g/mol. The van der Waals surface area contributed by atoms with Crippen LogP contribution in [0.4, 0.5) is 0 Å². The number of rotatable bonds is 11. The molecule has 3 atom stereocenters. The molecule has 5 rings (SSSR count). The van der Waals surface area contributed by atoms with Crippen LogP contribution >= 0.6 is 0 Å². The molecule has 0 saturated heterocycles. The molecule has 0 fully saturated rings. The molecule has 0 unspecified atom stereocenters. The van der Waals surface area contributed by atoms with Crippen LogP contribution < -0.4 is 5.19 Å². The molecule has 182 valence electrons. The Morgan fingerprint density at radius 3 is 2.44 bits per heavy atom. The molecule has 3 aliphatic rings. The van der Waals surface area contributed by atoms with Crippen LogP contribution in [-0.2, 0) is 19.3 Å². The summed E-state index contributed by atoms with van der Waals surface area (Å²) < 4.78 is 0. The van der Waals surface area contributed by atoms with Gasteiger partial charge in [-0.15, -0.1) is 0 Å². The van der Waals surface area contributed by atoms with Gasteiger partial charge in [0, 0.05) is 0 Å². The summed E-state index contributed by atoms with van der Waals surface area (Å²) in [4.78, 5) is 0. The summed E-state index contributed by atoms with van der Waals surface area (Å²) in [7, 11) is -1.81. The molecule has 0 aliphatic heterocycles. The lowest BCUT2D eigenvalue weighted by atomic mass is 10.1. The topological polar surface area (TPSA) is 0 Å². The zero-order valence-corrected chi connectivity index (χ0v) is 22.7.